The van der Waals surface area contributed by atoms with Gasteiger partial charge in [-0.25, -0.2) is 0 Å². The minimum atomic E-state index is 0.239. The molecule has 0 aromatic heterocycles. The quantitative estimate of drug-likeness (QED) is 0.591. The fraction of sp³-hybridized carbons (Fsp3) is 0.875. The molecule has 0 aliphatic rings. The zero-order chi connectivity index (χ0) is 8.15. The van der Waals surface area contributed by atoms with Crippen LogP contribution >= 0.6 is 0 Å². The van der Waals surface area contributed by atoms with Crippen LogP contribution in [-0.4, -0.2) is 30.3 Å². The molecule has 0 saturated heterocycles. The normalized spacial score (nSPS) is 13.7. The number of carbonyl (C=O) groups is 1. The van der Waals surface area contributed by atoms with E-state index in [-0.39, 0.29) is 5.78 Å². The van der Waals surface area contributed by atoms with Crippen LogP contribution in [0.2, 0.25) is 0 Å². The van der Waals surface area contributed by atoms with Crippen molar-refractivity contribution in [3.63, 3.8) is 0 Å². The van der Waals surface area contributed by atoms with Gasteiger partial charge in [0.1, 0.15) is 5.78 Å². The first kappa shape index (κ1) is 9.63. The van der Waals surface area contributed by atoms with Gasteiger partial charge in [0.2, 0.25) is 0 Å². The molecular weight excluding hydrogens is 126 g/mol. The van der Waals surface area contributed by atoms with Crippen LogP contribution in [0.4, 0.5) is 0 Å². The van der Waals surface area contributed by atoms with E-state index in [9.17, 15) is 4.79 Å². The van der Waals surface area contributed by atoms with Crippen molar-refractivity contribution < 1.29 is 4.79 Å². The van der Waals surface area contributed by atoms with Crippen molar-refractivity contribution in [1.82, 2.24) is 4.90 Å². The highest BCUT2D eigenvalue weighted by atomic mass is 16.1. The third-order valence-electron chi connectivity index (χ3n) is 1.82. The molecule has 0 N–H and O–H groups in total. The van der Waals surface area contributed by atoms with Crippen molar-refractivity contribution in [2.75, 3.05) is 13.6 Å². The summed E-state index contributed by atoms with van der Waals surface area (Å²) in [6.07, 6.45) is 1.10. The van der Waals surface area contributed by atoms with Crippen molar-refractivity contribution in [3.8, 4) is 0 Å². The van der Waals surface area contributed by atoms with E-state index in [0.29, 0.717) is 12.6 Å². The van der Waals surface area contributed by atoms with Gasteiger partial charge in [-0.15, -0.1) is 0 Å². The molecule has 1 atom stereocenters. The van der Waals surface area contributed by atoms with E-state index in [1.807, 2.05) is 7.05 Å². The molecule has 2 nitrogen and oxygen atoms in total. The highest BCUT2D eigenvalue weighted by Gasteiger charge is 2.07. The van der Waals surface area contributed by atoms with Crippen LogP contribution in [-0.2, 0) is 4.79 Å². The van der Waals surface area contributed by atoms with Crippen molar-refractivity contribution in [2.45, 2.75) is 33.2 Å². The average Bonchev–Trinajstić information content (AvgIpc) is 1.85. The lowest BCUT2D eigenvalue weighted by molar-refractivity contribution is -0.118. The predicted molar refractivity (Wildman–Crippen MR) is 43.1 cm³/mol. The predicted octanol–water partition coefficient (Wildman–Crippen LogP) is 1.31. The van der Waals surface area contributed by atoms with Gasteiger partial charge >= 0.3 is 0 Å². The van der Waals surface area contributed by atoms with Crippen LogP contribution in [0.15, 0.2) is 0 Å². The Morgan fingerprint density at radius 1 is 1.60 bits per heavy atom. The first-order valence-electron chi connectivity index (χ1n) is 3.77. The van der Waals surface area contributed by atoms with Gasteiger partial charge in [-0.05, 0) is 27.3 Å². The second-order valence-corrected chi connectivity index (χ2v) is 2.87. The molecule has 0 bridgehead atoms. The van der Waals surface area contributed by atoms with Gasteiger partial charge in [0.15, 0.2) is 0 Å². The van der Waals surface area contributed by atoms with E-state index >= 15 is 0 Å². The van der Waals surface area contributed by atoms with Crippen molar-refractivity contribution in [3.05, 3.63) is 0 Å². The van der Waals surface area contributed by atoms with Crippen molar-refractivity contribution >= 4 is 5.78 Å². The van der Waals surface area contributed by atoms with Crippen molar-refractivity contribution in [1.29, 1.82) is 0 Å². The Bertz CT molecular complexity index is 112. The summed E-state index contributed by atoms with van der Waals surface area (Å²) in [5, 5.41) is 0. The zero-order valence-corrected chi connectivity index (χ0v) is 7.35. The molecule has 2 heteroatoms. The van der Waals surface area contributed by atoms with E-state index in [2.05, 4.69) is 18.7 Å². The lowest BCUT2D eigenvalue weighted by Gasteiger charge is -2.21. The average molecular weight is 143 g/mol. The van der Waals surface area contributed by atoms with Gasteiger partial charge in [-0.2, -0.15) is 0 Å². The Kier molecular flexibility index (Phi) is 4.28. The Balaban J connectivity index is 3.61. The molecule has 0 fully saturated rings. The molecule has 0 aromatic rings. The number of nitrogens with zero attached hydrogens (tertiary/aromatic N) is 1. The number of hydrogen-bond acceptors (Lipinski definition) is 2. The van der Waals surface area contributed by atoms with Gasteiger partial charge < -0.3 is 0 Å². The number of Topliss-reactive ketones (excluding diaryl/α,β-unsaturated/α-hetero) is 1. The van der Waals surface area contributed by atoms with E-state index in [0.717, 1.165) is 6.42 Å². The first-order chi connectivity index (χ1) is 4.57. The monoisotopic (exact) mass is 143 g/mol. The molecule has 0 aromatic carbocycles. The summed E-state index contributed by atoms with van der Waals surface area (Å²) in [6.45, 7) is 6.46. The molecule has 0 spiro atoms. The summed E-state index contributed by atoms with van der Waals surface area (Å²) in [7, 11) is 1.98. The third kappa shape index (κ3) is 3.62. The summed E-state index contributed by atoms with van der Waals surface area (Å²) >= 11 is 0. The zero-order valence-electron chi connectivity index (χ0n) is 7.35. The lowest BCUT2D eigenvalue weighted by atomic mass is 10.2. The molecule has 0 aliphatic carbocycles. The SMILES string of the molecule is CCC(C)N(C)CC(C)=O. The van der Waals surface area contributed by atoms with Crippen LogP contribution in [0.5, 0.6) is 0 Å². The van der Waals surface area contributed by atoms with Crippen LogP contribution in [0.1, 0.15) is 27.2 Å². The fourth-order valence-corrected chi connectivity index (χ4v) is 0.819. The maximum atomic E-state index is 10.6. The summed E-state index contributed by atoms with van der Waals surface area (Å²) in [4.78, 5) is 12.7. The number of ketones is 1. The Labute approximate surface area is 63.2 Å². The van der Waals surface area contributed by atoms with E-state index in [1.54, 1.807) is 6.92 Å². The van der Waals surface area contributed by atoms with Gasteiger partial charge in [0.25, 0.3) is 0 Å². The summed E-state index contributed by atoms with van der Waals surface area (Å²) in [5.41, 5.74) is 0. The smallest absolute Gasteiger partial charge is 0.143 e. The van der Waals surface area contributed by atoms with Crippen LogP contribution < -0.4 is 0 Å². The summed E-state index contributed by atoms with van der Waals surface area (Å²) in [6, 6.07) is 0.517. The number of likely N-dealkylation sites (N-methyl/N-ethyl adjacent to an activating group) is 1. The molecule has 0 rings (SSSR count). The van der Waals surface area contributed by atoms with Gasteiger partial charge in [0.05, 0.1) is 6.54 Å². The highest BCUT2D eigenvalue weighted by Crippen LogP contribution is 1.98. The summed E-state index contributed by atoms with van der Waals surface area (Å²) in [5.74, 6) is 0.239. The van der Waals surface area contributed by atoms with Crippen LogP contribution in [0.25, 0.3) is 0 Å². The van der Waals surface area contributed by atoms with Crippen LogP contribution in [0.3, 0.4) is 0 Å². The molecule has 0 radical (unpaired) electrons. The second-order valence-electron chi connectivity index (χ2n) is 2.87. The molecule has 0 amide bonds. The first-order valence-corrected chi connectivity index (χ1v) is 3.77. The lowest BCUT2D eigenvalue weighted by Crippen LogP contribution is -2.32. The molecule has 10 heavy (non-hydrogen) atoms. The third-order valence-corrected chi connectivity index (χ3v) is 1.82. The minimum Gasteiger partial charge on any atom is -0.299 e. The molecular formula is C8H17NO. The largest absolute Gasteiger partial charge is 0.299 e. The van der Waals surface area contributed by atoms with Gasteiger partial charge in [-0.3, -0.25) is 9.69 Å². The van der Waals surface area contributed by atoms with Gasteiger partial charge in [-0.1, -0.05) is 6.92 Å². The molecule has 60 valence electrons. The maximum absolute atomic E-state index is 10.6. The second kappa shape index (κ2) is 4.45. The Morgan fingerprint density at radius 2 is 2.10 bits per heavy atom. The molecule has 1 unspecified atom stereocenters. The maximum Gasteiger partial charge on any atom is 0.143 e. The fourth-order valence-electron chi connectivity index (χ4n) is 0.819. The Hall–Kier alpha value is -0.370. The highest BCUT2D eigenvalue weighted by molar-refractivity contribution is 5.77. The number of hydrogen-bond donors (Lipinski definition) is 0. The Morgan fingerprint density at radius 3 is 2.40 bits per heavy atom. The molecule has 0 aliphatic heterocycles. The number of carbonyl (C=O) groups excluding carboxylic acids is 1. The standard InChI is InChI=1S/C8H17NO/c1-5-7(2)9(4)6-8(3)10/h7H,5-6H2,1-4H3. The minimum absolute atomic E-state index is 0.239. The van der Waals surface area contributed by atoms with E-state index in [4.69, 9.17) is 0 Å². The summed E-state index contributed by atoms with van der Waals surface area (Å²) < 4.78 is 0. The number of rotatable bonds is 4. The topological polar surface area (TPSA) is 20.3 Å². The van der Waals surface area contributed by atoms with E-state index < -0.39 is 0 Å². The van der Waals surface area contributed by atoms with Crippen molar-refractivity contribution in [2.24, 2.45) is 0 Å². The van der Waals surface area contributed by atoms with Crippen LogP contribution in [0, 0.1) is 0 Å². The van der Waals surface area contributed by atoms with Gasteiger partial charge in [0, 0.05) is 6.04 Å². The molecule has 0 heterocycles. The van der Waals surface area contributed by atoms with E-state index in [1.165, 1.54) is 0 Å². The molecule has 0 saturated carbocycles.